The Kier molecular flexibility index (Phi) is 20.4. The molecule has 2 unspecified atom stereocenters. The Morgan fingerprint density at radius 3 is 1.30 bits per heavy atom. The zero-order chi connectivity index (χ0) is 15.1. The average Bonchev–Trinajstić information content (AvgIpc) is 2.38. The number of unbranched alkanes of at least 4 members (excludes halogenated alkanes) is 2. The van der Waals surface area contributed by atoms with Crippen LogP contribution in [-0.2, 0) is 7.67 Å². The van der Waals surface area contributed by atoms with E-state index in [-0.39, 0.29) is 0 Å². The van der Waals surface area contributed by atoms with Gasteiger partial charge in [0.05, 0.1) is 0 Å². The van der Waals surface area contributed by atoms with Crippen LogP contribution in [0.4, 0.5) is 0 Å². The Balaban J connectivity index is 2.99. The fourth-order valence-corrected chi connectivity index (χ4v) is 22.5. The van der Waals surface area contributed by atoms with E-state index < -0.39 is 28.3 Å². The summed E-state index contributed by atoms with van der Waals surface area (Å²) >= 11 is -1.53. The van der Waals surface area contributed by atoms with Gasteiger partial charge in [0, 0.05) is 0 Å². The summed E-state index contributed by atoms with van der Waals surface area (Å²) in [5.74, 6) is 0. The van der Waals surface area contributed by atoms with Gasteiger partial charge in [-0.05, 0) is 0 Å². The van der Waals surface area contributed by atoms with Gasteiger partial charge in [0.2, 0.25) is 0 Å². The molecular weight excluding hydrogens is 658 g/mol. The maximum absolute atomic E-state index is 10.5. The molecule has 0 spiro atoms. The summed E-state index contributed by atoms with van der Waals surface area (Å²) in [5, 5.41) is 6.54. The molecule has 0 saturated heterocycles. The minimum absolute atomic E-state index is 0.542. The van der Waals surface area contributed by atoms with Crippen molar-refractivity contribution in [3.8, 4) is 0 Å². The number of rotatable bonds is 15. The van der Waals surface area contributed by atoms with Gasteiger partial charge < -0.3 is 0 Å². The van der Waals surface area contributed by atoms with Crippen molar-refractivity contribution >= 4 is 80.9 Å². The summed E-state index contributed by atoms with van der Waals surface area (Å²) < 4.78 is 38.5. The Morgan fingerprint density at radius 2 is 0.950 bits per heavy atom. The molecule has 0 saturated carbocycles. The van der Waals surface area contributed by atoms with E-state index in [9.17, 15) is 7.67 Å². The van der Waals surface area contributed by atoms with Crippen LogP contribution in [0.25, 0.3) is 0 Å². The van der Waals surface area contributed by atoms with Crippen molar-refractivity contribution in [1.82, 2.24) is 0 Å². The van der Waals surface area contributed by atoms with Crippen molar-refractivity contribution < 1.29 is 16.0 Å². The predicted octanol–water partition coefficient (Wildman–Crippen LogP) is 0.689. The first-order valence-corrected chi connectivity index (χ1v) is 25.1. The summed E-state index contributed by atoms with van der Waals surface area (Å²) in [7, 11) is 0. The van der Waals surface area contributed by atoms with Crippen LogP contribution in [0.5, 0.6) is 0 Å². The van der Waals surface area contributed by atoms with Crippen molar-refractivity contribution in [3.05, 3.63) is 0 Å². The summed E-state index contributed by atoms with van der Waals surface area (Å²) in [4.78, 5) is 0. The van der Waals surface area contributed by atoms with Crippen LogP contribution < -0.4 is 0 Å². The van der Waals surface area contributed by atoms with E-state index >= 15 is 0 Å². The molecule has 0 fully saturated rings. The molecule has 0 bridgehead atoms. The number of hydrogen-bond donors (Lipinski definition) is 2. The molecule has 4 nitrogen and oxygen atoms in total. The van der Waals surface area contributed by atoms with Crippen LogP contribution in [0.3, 0.4) is 0 Å². The van der Waals surface area contributed by atoms with Gasteiger partial charge in [-0.15, -0.1) is 0 Å². The van der Waals surface area contributed by atoms with E-state index in [0.29, 0.717) is 10.6 Å². The molecule has 20 heavy (non-hydrogen) atoms. The van der Waals surface area contributed by atoms with E-state index in [1.54, 1.807) is 0 Å². The second kappa shape index (κ2) is 18.0. The molecule has 2 N–H and O–H groups in total. The topological polar surface area (TPSA) is 74.6 Å². The molecule has 0 aromatic carbocycles. The fraction of sp³-hybridized carbons (Fsp3) is 1.00. The van der Waals surface area contributed by atoms with Crippen molar-refractivity contribution in [2.75, 3.05) is 0 Å². The quantitative estimate of drug-likeness (QED) is 0.198. The first kappa shape index (κ1) is 22.6. The molecule has 0 aliphatic rings. The van der Waals surface area contributed by atoms with Crippen LogP contribution >= 0.6 is 0 Å². The predicted molar refractivity (Wildman–Crippen MR) is 87.6 cm³/mol. The molecule has 10 heteroatoms. The Morgan fingerprint density at radius 1 is 0.600 bits per heavy atom. The van der Waals surface area contributed by atoms with Gasteiger partial charge in [-0.1, -0.05) is 0 Å². The molecule has 0 aliphatic heterocycles. The van der Waals surface area contributed by atoms with E-state index in [1.165, 1.54) is 21.3 Å². The molecule has 0 aromatic rings. The second-order valence-corrected chi connectivity index (χ2v) is 23.8. The molecular formula is C10H22O4Se6. The summed E-state index contributed by atoms with van der Waals surface area (Å²) in [6, 6.07) is 0. The monoisotopic (exact) mass is 686 g/mol. The van der Waals surface area contributed by atoms with Gasteiger partial charge in [0.15, 0.2) is 0 Å². The molecule has 0 rings (SSSR count). The van der Waals surface area contributed by atoms with E-state index in [0.717, 1.165) is 78.2 Å². The van der Waals surface area contributed by atoms with Gasteiger partial charge in [0.25, 0.3) is 0 Å². The van der Waals surface area contributed by atoms with Crippen LogP contribution in [0.2, 0.25) is 31.9 Å². The van der Waals surface area contributed by atoms with Gasteiger partial charge in [-0.3, -0.25) is 0 Å². The summed E-state index contributed by atoms with van der Waals surface area (Å²) in [6.45, 7) is 0. The van der Waals surface area contributed by atoms with Crippen LogP contribution in [0.1, 0.15) is 25.7 Å². The van der Waals surface area contributed by atoms with Gasteiger partial charge in [-0.25, -0.2) is 0 Å². The molecule has 122 valence electrons. The normalized spacial score (nSPS) is 14.3. The van der Waals surface area contributed by atoms with Crippen molar-refractivity contribution in [3.63, 3.8) is 0 Å². The van der Waals surface area contributed by atoms with Crippen LogP contribution in [-0.4, -0.2) is 89.2 Å². The zero-order valence-electron chi connectivity index (χ0n) is 11.2. The first-order chi connectivity index (χ1) is 9.63. The van der Waals surface area contributed by atoms with E-state index in [1.807, 2.05) is 0 Å². The first-order valence-electron chi connectivity index (χ1n) is 6.26. The van der Waals surface area contributed by atoms with Crippen LogP contribution in [0, 0.1) is 0 Å². The Labute approximate surface area is 152 Å². The third-order valence-electron chi connectivity index (χ3n) is 2.01. The standard InChI is InChI=1S/C10H22O4Se6/c11-19(12)9-3-1-5-15-17-7-8-18-16-6-2-4-10-20(13)14/h1-10H2,(H,11,12)(H,13,14). The molecule has 2 atom stereocenters. The van der Waals surface area contributed by atoms with Crippen LogP contribution in [0.15, 0.2) is 0 Å². The summed E-state index contributed by atoms with van der Waals surface area (Å²) in [6.07, 6.45) is 4.18. The molecule has 0 amide bonds. The third-order valence-corrected chi connectivity index (χ3v) is 21.1. The molecule has 0 heterocycles. The van der Waals surface area contributed by atoms with Crippen molar-refractivity contribution in [2.45, 2.75) is 57.6 Å². The molecule has 0 aliphatic carbocycles. The minimum atomic E-state index is -2.41. The van der Waals surface area contributed by atoms with Gasteiger partial charge in [0.1, 0.15) is 0 Å². The third kappa shape index (κ3) is 20.6. The van der Waals surface area contributed by atoms with Gasteiger partial charge >= 0.3 is 154 Å². The zero-order valence-corrected chi connectivity index (χ0v) is 21.5. The number of hydrogen-bond acceptors (Lipinski definition) is 2. The Hall–Kier alpha value is 2.64. The Bertz CT molecular complexity index is 240. The van der Waals surface area contributed by atoms with E-state index in [2.05, 4.69) is 0 Å². The second-order valence-electron chi connectivity index (χ2n) is 3.75. The summed E-state index contributed by atoms with van der Waals surface area (Å²) in [5.41, 5.74) is 0. The fourth-order valence-electron chi connectivity index (χ4n) is 1.08. The van der Waals surface area contributed by atoms with E-state index in [4.69, 9.17) is 8.38 Å². The maximum atomic E-state index is 10.5. The molecule has 0 aromatic heterocycles. The average molecular weight is 680 g/mol. The van der Waals surface area contributed by atoms with Crippen molar-refractivity contribution in [1.29, 1.82) is 0 Å². The van der Waals surface area contributed by atoms with Crippen molar-refractivity contribution in [2.24, 2.45) is 0 Å². The molecule has 0 radical (unpaired) electrons. The van der Waals surface area contributed by atoms with Gasteiger partial charge in [-0.2, -0.15) is 0 Å². The SMILES string of the molecule is O=[Se](O)CCCC[Se][Se]CC[Se][Se]CCCC[Se](=O)O.